The second-order valence-electron chi connectivity index (χ2n) is 6.47. The highest BCUT2D eigenvalue weighted by molar-refractivity contribution is 7.22. The molecule has 0 saturated heterocycles. The number of ether oxygens (including phenoxy) is 2. The Hall–Kier alpha value is -1.83. The predicted molar refractivity (Wildman–Crippen MR) is 112 cm³/mol. The molecule has 1 amide bonds. The van der Waals surface area contributed by atoms with Crippen LogP contribution in [0.2, 0.25) is 0 Å². The topological polar surface area (TPSA) is 54.9 Å². The molecule has 0 N–H and O–H groups in total. The number of benzene rings is 1. The zero-order valence-electron chi connectivity index (χ0n) is 15.9. The summed E-state index contributed by atoms with van der Waals surface area (Å²) in [5.41, 5.74) is 2.19. The Morgan fingerprint density at radius 2 is 2.07 bits per heavy atom. The van der Waals surface area contributed by atoms with Crippen molar-refractivity contribution in [2.24, 2.45) is 0 Å². The molecule has 0 unspecified atom stereocenters. The molecule has 1 aromatic heterocycles. The van der Waals surface area contributed by atoms with Crippen LogP contribution in [0, 0.1) is 0 Å². The van der Waals surface area contributed by atoms with Crippen LogP contribution in [0.4, 0.5) is 5.13 Å². The molecule has 0 saturated carbocycles. The number of anilines is 1. The maximum atomic E-state index is 13.0. The molecule has 0 aliphatic carbocycles. The first-order chi connectivity index (χ1) is 12.6. The van der Waals surface area contributed by atoms with Gasteiger partial charge in [-0.05, 0) is 51.2 Å². The van der Waals surface area contributed by atoms with E-state index in [0.717, 1.165) is 29.6 Å². The van der Waals surface area contributed by atoms with E-state index < -0.39 is 0 Å². The van der Waals surface area contributed by atoms with Gasteiger partial charge in [0.1, 0.15) is 19.5 Å². The third-order valence-corrected chi connectivity index (χ3v) is 5.21. The van der Waals surface area contributed by atoms with Crippen LogP contribution in [-0.2, 0) is 20.7 Å². The van der Waals surface area contributed by atoms with E-state index >= 15 is 0 Å². The molecule has 2 aromatic rings. The first kappa shape index (κ1) is 21.5. The molecule has 0 radical (unpaired) electrons. The number of halogens is 1. The molecule has 1 aliphatic rings. The van der Waals surface area contributed by atoms with Gasteiger partial charge in [0.05, 0.1) is 10.2 Å². The minimum Gasteiger partial charge on any atom is -0.494 e. The van der Waals surface area contributed by atoms with Gasteiger partial charge in [-0.3, -0.25) is 9.69 Å². The second-order valence-corrected chi connectivity index (χ2v) is 7.48. The molecule has 6 nitrogen and oxygen atoms in total. The molecular weight excluding hydrogens is 386 g/mol. The largest absolute Gasteiger partial charge is 0.494 e. The monoisotopic (exact) mass is 411 g/mol. The lowest BCUT2D eigenvalue weighted by molar-refractivity contribution is -0.119. The fourth-order valence-electron chi connectivity index (χ4n) is 2.73. The Morgan fingerprint density at radius 3 is 2.74 bits per heavy atom. The van der Waals surface area contributed by atoms with Crippen molar-refractivity contribution in [3.05, 3.63) is 35.8 Å². The lowest BCUT2D eigenvalue weighted by Gasteiger charge is -2.23. The van der Waals surface area contributed by atoms with Crippen LogP contribution < -0.4 is 4.90 Å². The number of aryl methyl sites for hydroxylation is 1. The molecule has 27 heavy (non-hydrogen) atoms. The zero-order chi connectivity index (χ0) is 18.5. The van der Waals surface area contributed by atoms with Crippen LogP contribution in [0.25, 0.3) is 10.2 Å². The smallest absolute Gasteiger partial charge is 0.298 e. The number of carbonyl (C=O) groups is 1. The summed E-state index contributed by atoms with van der Waals surface area (Å²) in [5.74, 6) is 0.0489. The molecule has 148 valence electrons. The fraction of sp³-hybridized carbons (Fsp3) is 0.474. The molecule has 8 heteroatoms. The summed E-state index contributed by atoms with van der Waals surface area (Å²) in [7, 11) is 4.05. The molecule has 0 fully saturated rings. The molecule has 3 rings (SSSR count). The SMILES string of the molecule is CCc1ccc2nc(N(CCCN(C)C)C(=O)C3=COCCO3)sc2c1.Cl. The Labute approximate surface area is 170 Å². The number of aromatic nitrogens is 1. The molecule has 0 atom stereocenters. The molecular formula is C19H26ClN3O3S. The van der Waals surface area contributed by atoms with E-state index in [1.807, 2.05) is 20.2 Å². The summed E-state index contributed by atoms with van der Waals surface area (Å²) < 4.78 is 11.8. The molecule has 0 bridgehead atoms. The van der Waals surface area contributed by atoms with Crippen molar-refractivity contribution >= 4 is 45.0 Å². The van der Waals surface area contributed by atoms with Crippen LogP contribution in [0.1, 0.15) is 18.9 Å². The number of hydrogen-bond donors (Lipinski definition) is 0. The number of fused-ring (bicyclic) bond motifs is 1. The van der Waals surface area contributed by atoms with Crippen molar-refractivity contribution < 1.29 is 14.3 Å². The lowest BCUT2D eigenvalue weighted by atomic mass is 10.2. The maximum absolute atomic E-state index is 13.0. The number of hydrogen-bond acceptors (Lipinski definition) is 6. The Bertz CT molecular complexity index is 807. The van der Waals surface area contributed by atoms with Crippen molar-refractivity contribution in [1.82, 2.24) is 9.88 Å². The highest BCUT2D eigenvalue weighted by atomic mass is 35.5. The fourth-order valence-corrected chi connectivity index (χ4v) is 3.79. The Kier molecular flexibility index (Phi) is 7.89. The van der Waals surface area contributed by atoms with Crippen LogP contribution in [0.5, 0.6) is 0 Å². The van der Waals surface area contributed by atoms with E-state index in [0.29, 0.717) is 24.9 Å². The van der Waals surface area contributed by atoms with Gasteiger partial charge < -0.3 is 14.4 Å². The van der Waals surface area contributed by atoms with E-state index in [-0.39, 0.29) is 24.1 Å². The number of carbonyl (C=O) groups excluding carboxylic acids is 1. The van der Waals surface area contributed by atoms with Crippen LogP contribution in [-0.4, -0.2) is 56.2 Å². The number of thiazole rings is 1. The zero-order valence-corrected chi connectivity index (χ0v) is 17.6. The maximum Gasteiger partial charge on any atom is 0.298 e. The summed E-state index contributed by atoms with van der Waals surface area (Å²) in [6.07, 6.45) is 3.24. The van der Waals surface area contributed by atoms with Crippen LogP contribution in [0.3, 0.4) is 0 Å². The van der Waals surface area contributed by atoms with Gasteiger partial charge in [0.25, 0.3) is 5.91 Å². The summed E-state index contributed by atoms with van der Waals surface area (Å²) >= 11 is 1.54. The third kappa shape index (κ3) is 5.34. The minimum absolute atomic E-state index is 0. The van der Waals surface area contributed by atoms with Crippen molar-refractivity contribution in [3.63, 3.8) is 0 Å². The van der Waals surface area contributed by atoms with E-state index in [2.05, 4.69) is 28.9 Å². The lowest BCUT2D eigenvalue weighted by Crippen LogP contribution is -2.36. The molecule has 2 heterocycles. The van der Waals surface area contributed by atoms with Crippen LogP contribution in [0.15, 0.2) is 30.2 Å². The predicted octanol–water partition coefficient (Wildman–Crippen LogP) is 3.45. The van der Waals surface area contributed by atoms with Crippen molar-refractivity contribution in [1.29, 1.82) is 0 Å². The summed E-state index contributed by atoms with van der Waals surface area (Å²) in [5, 5.41) is 0.701. The first-order valence-corrected chi connectivity index (χ1v) is 9.70. The van der Waals surface area contributed by atoms with Gasteiger partial charge in [0.2, 0.25) is 5.76 Å². The standard InChI is InChI=1S/C19H25N3O3S.ClH/c1-4-14-6-7-15-17(12-14)26-19(20-15)22(9-5-8-21(2)3)18(23)16-13-24-10-11-25-16;/h6-7,12-13H,4-5,8-11H2,1-3H3;1H. The third-order valence-electron chi connectivity index (χ3n) is 4.17. The summed E-state index contributed by atoms with van der Waals surface area (Å²) in [6, 6.07) is 6.26. The van der Waals surface area contributed by atoms with Gasteiger partial charge in [0, 0.05) is 6.54 Å². The highest BCUT2D eigenvalue weighted by Gasteiger charge is 2.26. The molecule has 1 aromatic carbocycles. The van der Waals surface area contributed by atoms with Gasteiger partial charge >= 0.3 is 0 Å². The van der Waals surface area contributed by atoms with E-state index in [1.54, 1.807) is 16.2 Å². The average Bonchev–Trinajstić information content (AvgIpc) is 3.07. The van der Waals surface area contributed by atoms with E-state index in [9.17, 15) is 4.79 Å². The van der Waals surface area contributed by atoms with Crippen molar-refractivity contribution in [2.45, 2.75) is 19.8 Å². The second kappa shape index (κ2) is 9.92. The Balaban J connectivity index is 0.00000261. The number of rotatable bonds is 7. The van der Waals surface area contributed by atoms with Crippen molar-refractivity contribution in [3.8, 4) is 0 Å². The van der Waals surface area contributed by atoms with E-state index in [1.165, 1.54) is 11.8 Å². The van der Waals surface area contributed by atoms with Gasteiger partial charge in [-0.2, -0.15) is 0 Å². The van der Waals surface area contributed by atoms with Crippen molar-refractivity contribution in [2.75, 3.05) is 45.3 Å². The highest BCUT2D eigenvalue weighted by Crippen LogP contribution is 2.31. The first-order valence-electron chi connectivity index (χ1n) is 8.89. The Morgan fingerprint density at radius 1 is 1.26 bits per heavy atom. The van der Waals surface area contributed by atoms with Gasteiger partial charge in [-0.25, -0.2) is 4.98 Å². The van der Waals surface area contributed by atoms with Gasteiger partial charge in [-0.15, -0.1) is 12.4 Å². The summed E-state index contributed by atoms with van der Waals surface area (Å²) in [6.45, 7) is 4.47. The van der Waals surface area contributed by atoms with E-state index in [4.69, 9.17) is 9.47 Å². The number of amides is 1. The van der Waals surface area contributed by atoms with Gasteiger partial charge in [0.15, 0.2) is 5.13 Å². The van der Waals surface area contributed by atoms with Crippen LogP contribution >= 0.6 is 23.7 Å². The minimum atomic E-state index is -0.196. The summed E-state index contributed by atoms with van der Waals surface area (Å²) in [4.78, 5) is 21.5. The number of nitrogens with zero attached hydrogens (tertiary/aromatic N) is 3. The average molecular weight is 412 g/mol. The quantitative estimate of drug-likeness (QED) is 0.698. The van der Waals surface area contributed by atoms with Gasteiger partial charge in [-0.1, -0.05) is 24.3 Å². The normalized spacial score (nSPS) is 13.6. The molecule has 1 aliphatic heterocycles. The molecule has 0 spiro atoms.